The molecule has 160 valence electrons. The number of carbonyl (C=O) groups is 3. The molecule has 0 saturated carbocycles. The molecule has 3 unspecified atom stereocenters. The Morgan fingerprint density at radius 3 is 2.74 bits per heavy atom. The van der Waals surface area contributed by atoms with E-state index in [9.17, 15) is 18.8 Å². The lowest BCUT2D eigenvalue weighted by Crippen LogP contribution is -2.51. The molecule has 0 bridgehead atoms. The van der Waals surface area contributed by atoms with Crippen LogP contribution in [-0.2, 0) is 14.3 Å². The molecule has 7 nitrogen and oxygen atoms in total. The van der Waals surface area contributed by atoms with E-state index in [4.69, 9.17) is 9.47 Å². The number of imide groups is 1. The van der Waals surface area contributed by atoms with Gasteiger partial charge >= 0.3 is 12.0 Å². The molecule has 3 aliphatic rings. The number of halogens is 1. The molecule has 31 heavy (non-hydrogen) atoms. The van der Waals surface area contributed by atoms with Gasteiger partial charge in [-0.2, -0.15) is 0 Å². The molecule has 2 fully saturated rings. The average Bonchev–Trinajstić information content (AvgIpc) is 3.13. The van der Waals surface area contributed by atoms with Gasteiger partial charge in [-0.3, -0.25) is 9.59 Å². The van der Waals surface area contributed by atoms with E-state index < -0.39 is 47.1 Å². The number of esters is 1. The molecule has 2 saturated heterocycles. The molecule has 0 aliphatic carbocycles. The van der Waals surface area contributed by atoms with Gasteiger partial charge in [0.2, 0.25) is 0 Å². The standard InChI is InChI=1S/C23H21FN2O5/c1-3-30-20(27)18-16-12-31-17-10-5-4-9-15(17)19(16)26-22(29)25(21(28)23(18,26)2)14-8-6-7-13(24)11-14/h4-11,16,18-19H,3,12H2,1-2H3/t16?,18?,19?,23-/m0/s1. The Hall–Kier alpha value is -3.42. The quantitative estimate of drug-likeness (QED) is 0.558. The Labute approximate surface area is 178 Å². The predicted octanol–water partition coefficient (Wildman–Crippen LogP) is 3.30. The van der Waals surface area contributed by atoms with Crippen molar-refractivity contribution in [3.8, 4) is 5.75 Å². The lowest BCUT2D eigenvalue weighted by molar-refractivity contribution is -0.154. The zero-order chi connectivity index (χ0) is 21.9. The highest BCUT2D eigenvalue weighted by Gasteiger charge is 2.72. The van der Waals surface area contributed by atoms with Crippen molar-refractivity contribution >= 4 is 23.6 Å². The van der Waals surface area contributed by atoms with Crippen molar-refractivity contribution in [3.63, 3.8) is 0 Å². The van der Waals surface area contributed by atoms with Crippen molar-refractivity contribution in [3.05, 3.63) is 59.9 Å². The number of nitrogens with zero attached hydrogens (tertiary/aromatic N) is 2. The van der Waals surface area contributed by atoms with Crippen molar-refractivity contribution in [2.24, 2.45) is 11.8 Å². The van der Waals surface area contributed by atoms with E-state index in [2.05, 4.69) is 0 Å². The predicted molar refractivity (Wildman–Crippen MR) is 108 cm³/mol. The third-order valence-electron chi connectivity index (χ3n) is 6.53. The fourth-order valence-corrected chi connectivity index (χ4v) is 5.28. The number of anilines is 1. The summed E-state index contributed by atoms with van der Waals surface area (Å²) in [6.45, 7) is 3.61. The summed E-state index contributed by atoms with van der Waals surface area (Å²) < 4.78 is 25.1. The molecule has 4 atom stereocenters. The van der Waals surface area contributed by atoms with Gasteiger partial charge in [0.25, 0.3) is 5.91 Å². The lowest BCUT2D eigenvalue weighted by atomic mass is 9.77. The number of benzene rings is 2. The molecule has 3 amide bonds. The van der Waals surface area contributed by atoms with Gasteiger partial charge in [-0.05, 0) is 38.1 Å². The van der Waals surface area contributed by atoms with Gasteiger partial charge in [-0.1, -0.05) is 24.3 Å². The maximum absolute atomic E-state index is 13.9. The number of urea groups is 1. The summed E-state index contributed by atoms with van der Waals surface area (Å²) in [4.78, 5) is 42.8. The fraction of sp³-hybridized carbons (Fsp3) is 0.348. The fourth-order valence-electron chi connectivity index (χ4n) is 5.28. The van der Waals surface area contributed by atoms with Gasteiger partial charge in [-0.15, -0.1) is 0 Å². The average molecular weight is 424 g/mol. The van der Waals surface area contributed by atoms with Gasteiger partial charge in [0.15, 0.2) is 0 Å². The van der Waals surface area contributed by atoms with Crippen molar-refractivity contribution in [1.82, 2.24) is 4.90 Å². The molecule has 0 spiro atoms. The number of amides is 3. The monoisotopic (exact) mass is 424 g/mol. The Morgan fingerprint density at radius 2 is 2.00 bits per heavy atom. The van der Waals surface area contributed by atoms with E-state index in [-0.39, 0.29) is 18.9 Å². The molecule has 3 heterocycles. The number of ether oxygens (including phenoxy) is 2. The molecular weight excluding hydrogens is 403 g/mol. The van der Waals surface area contributed by atoms with Crippen LogP contribution in [0.4, 0.5) is 14.9 Å². The smallest absolute Gasteiger partial charge is 0.332 e. The minimum atomic E-state index is -1.48. The lowest BCUT2D eigenvalue weighted by Gasteiger charge is -2.34. The Morgan fingerprint density at radius 1 is 1.23 bits per heavy atom. The van der Waals surface area contributed by atoms with E-state index in [1.54, 1.807) is 19.9 Å². The minimum Gasteiger partial charge on any atom is -0.493 e. The maximum Gasteiger partial charge on any atom is 0.332 e. The number of fused-ring (bicyclic) bond motifs is 5. The van der Waals surface area contributed by atoms with E-state index in [0.29, 0.717) is 5.75 Å². The van der Waals surface area contributed by atoms with Crippen LogP contribution in [0.5, 0.6) is 5.75 Å². The summed E-state index contributed by atoms with van der Waals surface area (Å²) in [6, 6.07) is 11.5. The number of para-hydroxylation sites is 1. The first-order valence-electron chi connectivity index (χ1n) is 10.2. The van der Waals surface area contributed by atoms with Crippen LogP contribution in [0.3, 0.4) is 0 Å². The van der Waals surface area contributed by atoms with Crippen LogP contribution in [-0.4, -0.2) is 41.6 Å². The highest BCUT2D eigenvalue weighted by atomic mass is 19.1. The summed E-state index contributed by atoms with van der Waals surface area (Å²) in [6.07, 6.45) is 0. The molecule has 0 radical (unpaired) electrons. The number of hydrogen-bond donors (Lipinski definition) is 0. The van der Waals surface area contributed by atoms with Crippen LogP contribution >= 0.6 is 0 Å². The molecule has 0 aromatic heterocycles. The molecule has 2 aromatic rings. The molecule has 0 N–H and O–H groups in total. The summed E-state index contributed by atoms with van der Waals surface area (Å²) in [5, 5.41) is 0. The maximum atomic E-state index is 13.9. The molecule has 8 heteroatoms. The second-order valence-corrected chi connectivity index (χ2v) is 8.11. The van der Waals surface area contributed by atoms with Crippen LogP contribution in [0, 0.1) is 17.7 Å². The van der Waals surface area contributed by atoms with E-state index in [0.717, 1.165) is 16.5 Å². The Bertz CT molecular complexity index is 1100. The first-order valence-corrected chi connectivity index (χ1v) is 10.2. The number of rotatable bonds is 3. The van der Waals surface area contributed by atoms with Crippen molar-refractivity contribution in [2.75, 3.05) is 18.1 Å². The topological polar surface area (TPSA) is 76.2 Å². The molecule has 3 aliphatic heterocycles. The zero-order valence-corrected chi connectivity index (χ0v) is 17.1. The minimum absolute atomic E-state index is 0.130. The van der Waals surface area contributed by atoms with Crippen LogP contribution in [0.25, 0.3) is 0 Å². The first kappa shape index (κ1) is 19.5. The summed E-state index contributed by atoms with van der Waals surface area (Å²) in [7, 11) is 0. The molecule has 2 aromatic carbocycles. The third-order valence-corrected chi connectivity index (χ3v) is 6.53. The SMILES string of the molecule is CCOC(=O)C1C2COc3ccccc3C2N2C(=O)N(c3cccc(F)c3)C(=O)[C@]12C. The van der Waals surface area contributed by atoms with Gasteiger partial charge in [-0.25, -0.2) is 14.1 Å². The Kier molecular flexibility index (Phi) is 4.28. The van der Waals surface area contributed by atoms with Crippen molar-refractivity contribution in [1.29, 1.82) is 0 Å². The first-order chi connectivity index (χ1) is 14.9. The van der Waals surface area contributed by atoms with Crippen molar-refractivity contribution < 1.29 is 28.2 Å². The highest BCUT2D eigenvalue weighted by Crippen LogP contribution is 2.58. The van der Waals surface area contributed by atoms with Crippen LogP contribution in [0.15, 0.2) is 48.5 Å². The van der Waals surface area contributed by atoms with Gasteiger partial charge < -0.3 is 14.4 Å². The van der Waals surface area contributed by atoms with Gasteiger partial charge in [0.1, 0.15) is 17.1 Å². The largest absolute Gasteiger partial charge is 0.493 e. The normalized spacial score (nSPS) is 28.7. The summed E-state index contributed by atoms with van der Waals surface area (Å²) in [5.41, 5.74) is -0.615. The molecule has 5 rings (SSSR count). The zero-order valence-electron chi connectivity index (χ0n) is 17.1. The van der Waals surface area contributed by atoms with Crippen LogP contribution < -0.4 is 9.64 Å². The third kappa shape index (κ3) is 2.54. The van der Waals surface area contributed by atoms with E-state index in [1.165, 1.54) is 23.1 Å². The van der Waals surface area contributed by atoms with Crippen LogP contribution in [0.1, 0.15) is 25.5 Å². The van der Waals surface area contributed by atoms with Gasteiger partial charge in [0, 0.05) is 11.5 Å². The second kappa shape index (κ2) is 6.80. The van der Waals surface area contributed by atoms with Crippen molar-refractivity contribution in [2.45, 2.75) is 25.4 Å². The Balaban J connectivity index is 1.69. The molecular formula is C23H21FN2O5. The number of hydrogen-bond acceptors (Lipinski definition) is 5. The summed E-state index contributed by atoms with van der Waals surface area (Å²) >= 11 is 0. The number of carbonyl (C=O) groups excluding carboxylic acids is 3. The van der Waals surface area contributed by atoms with Crippen LogP contribution in [0.2, 0.25) is 0 Å². The van der Waals surface area contributed by atoms with E-state index >= 15 is 0 Å². The second-order valence-electron chi connectivity index (χ2n) is 8.11. The summed E-state index contributed by atoms with van der Waals surface area (Å²) in [5.74, 6) is -2.44. The van der Waals surface area contributed by atoms with E-state index in [1.807, 2.05) is 18.2 Å². The van der Waals surface area contributed by atoms with Gasteiger partial charge in [0.05, 0.1) is 30.9 Å². The highest BCUT2D eigenvalue weighted by molar-refractivity contribution is 6.24.